The highest BCUT2D eigenvalue weighted by Crippen LogP contribution is 2.31. The van der Waals surface area contributed by atoms with E-state index in [-0.39, 0.29) is 6.04 Å². The standard InChI is InChI=1S/C17H17BrClNO/c1-20-17(12-7-13(18)10-14(19)8-12)11-3-2-4-16(9-11)21-15-5-6-15/h2-4,7-10,15,17,20H,5-6H2,1H3. The molecule has 1 unspecified atom stereocenters. The molecule has 1 aliphatic rings. The molecule has 3 rings (SSSR count). The maximum atomic E-state index is 6.16. The Morgan fingerprint density at radius 1 is 1.19 bits per heavy atom. The number of halogens is 2. The molecule has 1 fully saturated rings. The Labute approximate surface area is 138 Å². The Morgan fingerprint density at radius 2 is 2.00 bits per heavy atom. The molecule has 0 heterocycles. The topological polar surface area (TPSA) is 21.3 Å². The van der Waals surface area contributed by atoms with E-state index in [0.717, 1.165) is 20.8 Å². The largest absolute Gasteiger partial charge is 0.490 e. The quantitative estimate of drug-likeness (QED) is 0.808. The summed E-state index contributed by atoms with van der Waals surface area (Å²) in [5.41, 5.74) is 2.30. The predicted molar refractivity (Wildman–Crippen MR) is 90.1 cm³/mol. The molecule has 1 aliphatic carbocycles. The van der Waals surface area contributed by atoms with Gasteiger partial charge in [0.25, 0.3) is 0 Å². The van der Waals surface area contributed by atoms with Crippen LogP contribution >= 0.6 is 27.5 Å². The van der Waals surface area contributed by atoms with Crippen molar-refractivity contribution in [3.05, 3.63) is 63.1 Å². The van der Waals surface area contributed by atoms with Crippen LogP contribution in [0.5, 0.6) is 5.75 Å². The summed E-state index contributed by atoms with van der Waals surface area (Å²) >= 11 is 9.67. The van der Waals surface area contributed by atoms with E-state index in [1.807, 2.05) is 31.3 Å². The van der Waals surface area contributed by atoms with E-state index >= 15 is 0 Å². The third-order valence-corrected chi connectivity index (χ3v) is 4.20. The third kappa shape index (κ3) is 3.79. The summed E-state index contributed by atoms with van der Waals surface area (Å²) in [6.07, 6.45) is 2.75. The highest BCUT2D eigenvalue weighted by Gasteiger charge is 2.24. The second kappa shape index (κ2) is 6.39. The van der Waals surface area contributed by atoms with Gasteiger partial charge >= 0.3 is 0 Å². The molecule has 0 saturated heterocycles. The van der Waals surface area contributed by atoms with E-state index in [1.165, 1.54) is 18.4 Å². The van der Waals surface area contributed by atoms with E-state index in [2.05, 4.69) is 39.4 Å². The maximum Gasteiger partial charge on any atom is 0.120 e. The first-order chi connectivity index (χ1) is 10.2. The lowest BCUT2D eigenvalue weighted by Crippen LogP contribution is -2.17. The zero-order chi connectivity index (χ0) is 14.8. The van der Waals surface area contributed by atoms with Crippen LogP contribution in [0, 0.1) is 0 Å². The van der Waals surface area contributed by atoms with Gasteiger partial charge in [0.15, 0.2) is 0 Å². The van der Waals surface area contributed by atoms with Gasteiger partial charge in [0.2, 0.25) is 0 Å². The van der Waals surface area contributed by atoms with Gasteiger partial charge in [-0.05, 0) is 61.3 Å². The minimum Gasteiger partial charge on any atom is -0.490 e. The molecule has 2 nitrogen and oxygen atoms in total. The molecule has 1 N–H and O–H groups in total. The Bertz CT molecular complexity index is 622. The monoisotopic (exact) mass is 365 g/mol. The van der Waals surface area contributed by atoms with Gasteiger partial charge in [-0.25, -0.2) is 0 Å². The molecule has 4 heteroatoms. The van der Waals surface area contributed by atoms with Crippen molar-refractivity contribution in [2.24, 2.45) is 0 Å². The van der Waals surface area contributed by atoms with Crippen molar-refractivity contribution >= 4 is 27.5 Å². The summed E-state index contributed by atoms with van der Waals surface area (Å²) in [5, 5.41) is 4.08. The molecule has 0 amide bonds. The van der Waals surface area contributed by atoms with Crippen molar-refractivity contribution in [2.75, 3.05) is 7.05 Å². The van der Waals surface area contributed by atoms with Crippen LogP contribution in [0.25, 0.3) is 0 Å². The first kappa shape index (κ1) is 14.9. The Kier molecular flexibility index (Phi) is 4.53. The molecule has 0 aliphatic heterocycles. The third-order valence-electron chi connectivity index (χ3n) is 3.53. The fourth-order valence-corrected chi connectivity index (χ4v) is 3.30. The zero-order valence-corrected chi connectivity index (χ0v) is 14.1. The van der Waals surface area contributed by atoms with Crippen LogP contribution in [0.3, 0.4) is 0 Å². The van der Waals surface area contributed by atoms with Crippen LogP contribution in [0.1, 0.15) is 30.0 Å². The van der Waals surface area contributed by atoms with Crippen molar-refractivity contribution in [3.8, 4) is 5.75 Å². The van der Waals surface area contributed by atoms with Crippen molar-refractivity contribution in [2.45, 2.75) is 25.0 Å². The second-order valence-electron chi connectivity index (χ2n) is 5.31. The smallest absolute Gasteiger partial charge is 0.120 e. The number of nitrogens with one attached hydrogen (secondary N) is 1. The van der Waals surface area contributed by atoms with E-state index in [1.54, 1.807) is 0 Å². The van der Waals surface area contributed by atoms with Crippen LogP contribution in [-0.4, -0.2) is 13.2 Å². The number of rotatable bonds is 5. The van der Waals surface area contributed by atoms with Gasteiger partial charge in [-0.3, -0.25) is 0 Å². The summed E-state index contributed by atoms with van der Waals surface area (Å²) in [5.74, 6) is 0.941. The molecular weight excluding hydrogens is 350 g/mol. The fraction of sp³-hybridized carbons (Fsp3) is 0.294. The van der Waals surface area contributed by atoms with Gasteiger partial charge in [0.1, 0.15) is 5.75 Å². The van der Waals surface area contributed by atoms with Crippen molar-refractivity contribution in [3.63, 3.8) is 0 Å². The van der Waals surface area contributed by atoms with Crippen LogP contribution < -0.4 is 10.1 Å². The highest BCUT2D eigenvalue weighted by atomic mass is 79.9. The Hall–Kier alpha value is -1.03. The number of benzene rings is 2. The summed E-state index contributed by atoms with van der Waals surface area (Å²) in [6, 6.07) is 14.3. The van der Waals surface area contributed by atoms with Crippen LogP contribution in [0.15, 0.2) is 46.9 Å². The van der Waals surface area contributed by atoms with Crippen molar-refractivity contribution < 1.29 is 4.74 Å². The first-order valence-corrected chi connectivity index (χ1v) is 8.22. The SMILES string of the molecule is CNC(c1cc(Cl)cc(Br)c1)c1cccc(OC2CC2)c1. The molecule has 0 aromatic heterocycles. The average Bonchev–Trinajstić information content (AvgIpc) is 3.23. The lowest BCUT2D eigenvalue weighted by molar-refractivity contribution is 0.302. The van der Waals surface area contributed by atoms with Gasteiger partial charge < -0.3 is 10.1 Å². The summed E-state index contributed by atoms with van der Waals surface area (Å²) in [7, 11) is 1.95. The molecule has 2 aromatic carbocycles. The van der Waals surface area contributed by atoms with Gasteiger partial charge in [0.05, 0.1) is 12.1 Å². The van der Waals surface area contributed by atoms with Crippen molar-refractivity contribution in [1.29, 1.82) is 0 Å². The van der Waals surface area contributed by atoms with Crippen molar-refractivity contribution in [1.82, 2.24) is 5.32 Å². The molecule has 21 heavy (non-hydrogen) atoms. The normalized spacial score (nSPS) is 15.8. The maximum absolute atomic E-state index is 6.16. The van der Waals surface area contributed by atoms with E-state index in [0.29, 0.717) is 6.10 Å². The highest BCUT2D eigenvalue weighted by molar-refractivity contribution is 9.10. The van der Waals surface area contributed by atoms with Crippen LogP contribution in [0.4, 0.5) is 0 Å². The predicted octanol–water partition coefficient (Wildman–Crippen LogP) is 4.95. The number of hydrogen-bond acceptors (Lipinski definition) is 2. The zero-order valence-electron chi connectivity index (χ0n) is 11.8. The molecule has 0 spiro atoms. The number of hydrogen-bond donors (Lipinski definition) is 1. The lowest BCUT2D eigenvalue weighted by Gasteiger charge is -2.19. The average molecular weight is 367 g/mol. The number of ether oxygens (including phenoxy) is 1. The Balaban J connectivity index is 1.91. The van der Waals surface area contributed by atoms with E-state index < -0.39 is 0 Å². The summed E-state index contributed by atoms with van der Waals surface area (Å²) < 4.78 is 6.86. The molecule has 110 valence electrons. The van der Waals surface area contributed by atoms with Crippen LogP contribution in [-0.2, 0) is 0 Å². The van der Waals surface area contributed by atoms with E-state index in [9.17, 15) is 0 Å². The molecule has 2 aromatic rings. The molecule has 1 atom stereocenters. The van der Waals surface area contributed by atoms with Gasteiger partial charge in [-0.1, -0.05) is 39.7 Å². The van der Waals surface area contributed by atoms with Gasteiger partial charge in [0, 0.05) is 9.50 Å². The van der Waals surface area contributed by atoms with Gasteiger partial charge in [-0.2, -0.15) is 0 Å². The minimum atomic E-state index is 0.0859. The summed E-state index contributed by atoms with van der Waals surface area (Å²) in [6.45, 7) is 0. The second-order valence-corrected chi connectivity index (χ2v) is 6.67. The fourth-order valence-electron chi connectivity index (χ4n) is 2.41. The summed E-state index contributed by atoms with van der Waals surface area (Å²) in [4.78, 5) is 0. The molecule has 0 bridgehead atoms. The first-order valence-electron chi connectivity index (χ1n) is 7.05. The van der Waals surface area contributed by atoms with E-state index in [4.69, 9.17) is 16.3 Å². The minimum absolute atomic E-state index is 0.0859. The Morgan fingerprint density at radius 3 is 2.67 bits per heavy atom. The lowest BCUT2D eigenvalue weighted by atomic mass is 9.99. The molecule has 0 radical (unpaired) electrons. The van der Waals surface area contributed by atoms with Gasteiger partial charge in [-0.15, -0.1) is 0 Å². The van der Waals surface area contributed by atoms with Crippen LogP contribution in [0.2, 0.25) is 5.02 Å². The molecular formula is C17H17BrClNO. The molecule has 1 saturated carbocycles.